The number of nitrogens with zero attached hydrogens (tertiary/aromatic N) is 2. The molecule has 3 aromatic rings. The Labute approximate surface area is 164 Å². The highest BCUT2D eigenvalue weighted by molar-refractivity contribution is 8.00. The summed E-state index contributed by atoms with van der Waals surface area (Å²) in [5, 5.41) is 0.348. The zero-order chi connectivity index (χ0) is 18.6. The van der Waals surface area contributed by atoms with Crippen LogP contribution in [0.15, 0.2) is 65.8 Å². The molecule has 4 rings (SSSR count). The van der Waals surface area contributed by atoms with Crippen molar-refractivity contribution in [2.45, 2.75) is 43.0 Å². The lowest BCUT2D eigenvalue weighted by atomic mass is 9.95. The molecule has 1 aromatic heterocycles. The molecule has 1 atom stereocenters. The van der Waals surface area contributed by atoms with Crippen molar-refractivity contribution in [1.82, 2.24) is 9.97 Å². The molecule has 2 aromatic carbocycles. The fourth-order valence-corrected chi connectivity index (χ4v) is 4.67. The first kappa shape index (κ1) is 17.9. The van der Waals surface area contributed by atoms with E-state index in [1.807, 2.05) is 60.7 Å². The van der Waals surface area contributed by atoms with Crippen LogP contribution in [0, 0.1) is 6.92 Å². The van der Waals surface area contributed by atoms with E-state index < -0.39 is 0 Å². The highest BCUT2D eigenvalue weighted by Crippen LogP contribution is 2.37. The molecule has 0 spiro atoms. The molecule has 0 N–H and O–H groups in total. The van der Waals surface area contributed by atoms with E-state index in [9.17, 15) is 4.79 Å². The Hall–Kier alpha value is -2.46. The number of rotatable bonds is 5. The predicted molar refractivity (Wildman–Crippen MR) is 109 cm³/mol. The summed E-state index contributed by atoms with van der Waals surface area (Å²) in [6, 6.07) is 19.4. The molecule has 3 nitrogen and oxygen atoms in total. The van der Waals surface area contributed by atoms with Crippen LogP contribution in [-0.4, -0.2) is 15.8 Å². The van der Waals surface area contributed by atoms with Crippen LogP contribution in [0.1, 0.15) is 51.0 Å². The lowest BCUT2D eigenvalue weighted by Crippen LogP contribution is -2.13. The second-order valence-corrected chi connectivity index (χ2v) is 7.94. The third-order valence-corrected chi connectivity index (χ3v) is 6.11. The van der Waals surface area contributed by atoms with Gasteiger partial charge in [-0.25, -0.2) is 9.97 Å². The molecule has 1 aliphatic carbocycles. The number of hydrogen-bond acceptors (Lipinski definition) is 4. The Kier molecular flexibility index (Phi) is 5.35. The van der Waals surface area contributed by atoms with Crippen LogP contribution in [0.3, 0.4) is 0 Å². The van der Waals surface area contributed by atoms with Gasteiger partial charge in [0.15, 0.2) is 10.9 Å². The molecule has 1 heterocycles. The van der Waals surface area contributed by atoms with Gasteiger partial charge >= 0.3 is 0 Å². The molecule has 136 valence electrons. The normalized spacial score (nSPS) is 14.4. The van der Waals surface area contributed by atoms with Crippen molar-refractivity contribution >= 4 is 17.5 Å². The minimum Gasteiger partial charge on any atom is -0.293 e. The maximum atomic E-state index is 13.2. The summed E-state index contributed by atoms with van der Waals surface area (Å²) in [6.45, 7) is 2.06. The van der Waals surface area contributed by atoms with Crippen LogP contribution < -0.4 is 0 Å². The number of benzene rings is 2. The van der Waals surface area contributed by atoms with E-state index in [0.29, 0.717) is 10.7 Å². The third kappa shape index (κ3) is 3.96. The van der Waals surface area contributed by atoms with Gasteiger partial charge in [-0.2, -0.15) is 0 Å². The molecule has 0 aliphatic heterocycles. The van der Waals surface area contributed by atoms with Crippen molar-refractivity contribution in [2.24, 2.45) is 0 Å². The Morgan fingerprint density at radius 2 is 1.59 bits per heavy atom. The maximum Gasteiger partial charge on any atom is 0.189 e. The average molecular weight is 375 g/mol. The molecule has 1 aliphatic rings. The first-order valence-corrected chi connectivity index (χ1v) is 10.3. The number of carbonyl (C=O) groups excluding carboxylic acids is 1. The molecule has 0 saturated heterocycles. The van der Waals surface area contributed by atoms with Gasteiger partial charge in [0.2, 0.25) is 0 Å². The molecule has 0 radical (unpaired) electrons. The monoisotopic (exact) mass is 374 g/mol. The van der Waals surface area contributed by atoms with Crippen molar-refractivity contribution in [2.75, 3.05) is 0 Å². The van der Waals surface area contributed by atoms with Crippen LogP contribution >= 0.6 is 11.8 Å². The van der Waals surface area contributed by atoms with Crippen LogP contribution in [-0.2, 0) is 12.8 Å². The number of ketones is 1. The zero-order valence-corrected chi connectivity index (χ0v) is 16.2. The quantitative estimate of drug-likeness (QED) is 0.342. The Bertz CT molecular complexity index is 941. The smallest absolute Gasteiger partial charge is 0.189 e. The SMILES string of the molecule is Cc1nc(S[C@@H](C(=O)c2ccccc2)c2ccccc2)nc2c1CCCC2. The summed E-state index contributed by atoms with van der Waals surface area (Å²) in [5.74, 6) is 0.0887. The topological polar surface area (TPSA) is 42.9 Å². The summed E-state index contributed by atoms with van der Waals surface area (Å²) in [5.41, 5.74) is 5.22. The Morgan fingerprint density at radius 3 is 2.33 bits per heavy atom. The molecule has 27 heavy (non-hydrogen) atoms. The summed E-state index contributed by atoms with van der Waals surface area (Å²) in [7, 11) is 0. The molecule has 0 fully saturated rings. The molecular formula is C23H22N2OS. The van der Waals surface area contributed by atoms with Gasteiger partial charge in [-0.1, -0.05) is 72.4 Å². The van der Waals surface area contributed by atoms with E-state index >= 15 is 0 Å². The van der Waals surface area contributed by atoms with Gasteiger partial charge in [-0.3, -0.25) is 4.79 Å². The fraction of sp³-hybridized carbons (Fsp3) is 0.261. The Balaban J connectivity index is 1.70. The summed E-state index contributed by atoms with van der Waals surface area (Å²) in [6.07, 6.45) is 4.47. The van der Waals surface area contributed by atoms with E-state index in [2.05, 4.69) is 6.92 Å². The first-order valence-electron chi connectivity index (χ1n) is 9.39. The summed E-state index contributed by atoms with van der Waals surface area (Å²) in [4.78, 5) is 22.8. The van der Waals surface area contributed by atoms with E-state index in [1.165, 1.54) is 30.2 Å². The van der Waals surface area contributed by atoms with Crippen molar-refractivity contribution in [3.63, 3.8) is 0 Å². The standard InChI is InChI=1S/C23H22N2OS/c1-16-19-14-8-9-15-20(19)25-23(24-16)27-22(18-12-6-3-7-13-18)21(26)17-10-4-2-5-11-17/h2-7,10-13,22H,8-9,14-15H2,1H3/t22-/m1/s1. The van der Waals surface area contributed by atoms with E-state index in [1.54, 1.807) is 0 Å². The summed E-state index contributed by atoms with van der Waals surface area (Å²) >= 11 is 1.46. The average Bonchev–Trinajstić information content (AvgIpc) is 2.73. The highest BCUT2D eigenvalue weighted by Gasteiger charge is 2.25. The van der Waals surface area contributed by atoms with Crippen LogP contribution in [0.25, 0.3) is 0 Å². The number of Topliss-reactive ketones (excluding diaryl/α,β-unsaturated/α-hetero) is 1. The number of thioether (sulfide) groups is 1. The number of carbonyl (C=O) groups is 1. The zero-order valence-electron chi connectivity index (χ0n) is 15.4. The number of hydrogen-bond donors (Lipinski definition) is 0. The van der Waals surface area contributed by atoms with Gasteiger partial charge in [-0.05, 0) is 43.7 Å². The van der Waals surface area contributed by atoms with Crippen LogP contribution in [0.4, 0.5) is 0 Å². The second-order valence-electron chi connectivity index (χ2n) is 6.86. The van der Waals surface area contributed by atoms with E-state index in [0.717, 1.165) is 29.8 Å². The lowest BCUT2D eigenvalue weighted by molar-refractivity contribution is 0.0989. The largest absolute Gasteiger partial charge is 0.293 e. The number of aromatic nitrogens is 2. The molecule has 0 saturated carbocycles. The van der Waals surface area contributed by atoms with Gasteiger partial charge in [-0.15, -0.1) is 0 Å². The maximum absolute atomic E-state index is 13.2. The van der Waals surface area contributed by atoms with Gasteiger partial charge in [0.25, 0.3) is 0 Å². The lowest BCUT2D eigenvalue weighted by Gasteiger charge is -2.19. The van der Waals surface area contributed by atoms with Crippen molar-refractivity contribution in [3.05, 3.63) is 88.7 Å². The van der Waals surface area contributed by atoms with Crippen LogP contribution in [0.2, 0.25) is 0 Å². The van der Waals surface area contributed by atoms with Crippen molar-refractivity contribution in [1.29, 1.82) is 0 Å². The molecule has 0 unspecified atom stereocenters. The number of fused-ring (bicyclic) bond motifs is 1. The summed E-state index contributed by atoms with van der Waals surface area (Å²) < 4.78 is 0. The minimum absolute atomic E-state index is 0.0887. The van der Waals surface area contributed by atoms with E-state index in [-0.39, 0.29) is 11.0 Å². The van der Waals surface area contributed by atoms with Crippen LogP contribution in [0.5, 0.6) is 0 Å². The van der Waals surface area contributed by atoms with E-state index in [4.69, 9.17) is 9.97 Å². The fourth-order valence-electron chi connectivity index (χ4n) is 3.57. The second kappa shape index (κ2) is 8.05. The first-order chi connectivity index (χ1) is 13.2. The minimum atomic E-state index is -0.352. The van der Waals surface area contributed by atoms with Gasteiger partial charge in [0.1, 0.15) is 5.25 Å². The molecule has 4 heteroatoms. The van der Waals surface area contributed by atoms with Gasteiger partial charge in [0, 0.05) is 17.0 Å². The van der Waals surface area contributed by atoms with Gasteiger partial charge in [0.05, 0.1) is 0 Å². The molecule has 0 bridgehead atoms. The molecular weight excluding hydrogens is 352 g/mol. The molecule has 0 amide bonds. The predicted octanol–water partition coefficient (Wildman–Crippen LogP) is 5.38. The van der Waals surface area contributed by atoms with Gasteiger partial charge < -0.3 is 0 Å². The van der Waals surface area contributed by atoms with Crippen molar-refractivity contribution in [3.8, 4) is 0 Å². The third-order valence-electron chi connectivity index (χ3n) is 4.99. The highest BCUT2D eigenvalue weighted by atomic mass is 32.2. The Morgan fingerprint density at radius 1 is 0.926 bits per heavy atom. The van der Waals surface area contributed by atoms with Crippen molar-refractivity contribution < 1.29 is 4.79 Å². The number of aryl methyl sites for hydroxylation is 2.